The molecule has 0 saturated heterocycles. The minimum Gasteiger partial charge on any atom is -0.471 e. The van der Waals surface area contributed by atoms with E-state index in [2.05, 4.69) is 4.98 Å². The molecule has 2 N–H and O–H groups in total. The summed E-state index contributed by atoms with van der Waals surface area (Å²) in [6, 6.07) is 0. The van der Waals surface area contributed by atoms with Crippen molar-refractivity contribution in [2.24, 2.45) is 17.6 Å². The molecule has 2 aromatic heterocycles. The number of nitro groups is 1. The first-order chi connectivity index (χ1) is 9.70. The highest BCUT2D eigenvalue weighted by Crippen LogP contribution is 2.34. The molecule has 0 radical (unpaired) electrons. The smallest absolute Gasteiger partial charge is 0.393 e. The van der Waals surface area contributed by atoms with Crippen molar-refractivity contribution < 1.29 is 9.66 Å². The highest BCUT2D eigenvalue weighted by atomic mass is 32.1. The van der Waals surface area contributed by atoms with Crippen LogP contribution < -0.4 is 10.5 Å². The summed E-state index contributed by atoms with van der Waals surface area (Å²) in [7, 11) is 0. The van der Waals surface area contributed by atoms with Crippen LogP contribution in [0.15, 0.2) is 11.6 Å². The van der Waals surface area contributed by atoms with E-state index in [4.69, 9.17) is 10.5 Å². The number of rotatable bonds is 5. The lowest BCUT2D eigenvalue weighted by atomic mass is 9.97. The van der Waals surface area contributed by atoms with Gasteiger partial charge in [-0.05, 0) is 36.1 Å². The van der Waals surface area contributed by atoms with Crippen molar-refractivity contribution in [2.45, 2.75) is 19.3 Å². The largest absolute Gasteiger partial charge is 0.471 e. The highest BCUT2D eigenvalue weighted by Gasteiger charge is 2.30. The SMILES string of the molecule is NCC1CCCC1COc1nc2sccn2c1[N+](=O)[O-]. The minimum atomic E-state index is -0.447. The first kappa shape index (κ1) is 13.3. The molecule has 3 rings (SSSR count). The van der Waals surface area contributed by atoms with Crippen LogP contribution in [0.1, 0.15) is 19.3 Å². The van der Waals surface area contributed by atoms with E-state index in [1.165, 1.54) is 15.7 Å². The molecule has 1 saturated carbocycles. The van der Waals surface area contributed by atoms with Gasteiger partial charge in [-0.1, -0.05) is 17.8 Å². The number of nitrogens with zero attached hydrogens (tertiary/aromatic N) is 3. The van der Waals surface area contributed by atoms with E-state index in [9.17, 15) is 10.1 Å². The van der Waals surface area contributed by atoms with Crippen LogP contribution >= 0.6 is 11.3 Å². The molecule has 0 bridgehead atoms. The van der Waals surface area contributed by atoms with Crippen LogP contribution in [-0.4, -0.2) is 27.5 Å². The van der Waals surface area contributed by atoms with Gasteiger partial charge in [0.25, 0.3) is 4.96 Å². The normalized spacial score (nSPS) is 22.4. The third kappa shape index (κ3) is 2.25. The van der Waals surface area contributed by atoms with Crippen molar-refractivity contribution in [1.29, 1.82) is 0 Å². The maximum atomic E-state index is 11.2. The Morgan fingerprint density at radius 3 is 3.10 bits per heavy atom. The quantitative estimate of drug-likeness (QED) is 0.673. The van der Waals surface area contributed by atoms with Gasteiger partial charge >= 0.3 is 11.7 Å². The Balaban J connectivity index is 1.78. The minimum absolute atomic E-state index is 0.0939. The van der Waals surface area contributed by atoms with Crippen molar-refractivity contribution in [1.82, 2.24) is 9.38 Å². The highest BCUT2D eigenvalue weighted by molar-refractivity contribution is 7.15. The van der Waals surface area contributed by atoms with Gasteiger partial charge in [-0.15, -0.1) is 0 Å². The summed E-state index contributed by atoms with van der Waals surface area (Å²) < 4.78 is 7.09. The average molecular weight is 296 g/mol. The maximum absolute atomic E-state index is 11.2. The van der Waals surface area contributed by atoms with E-state index in [1.54, 1.807) is 11.6 Å². The summed E-state index contributed by atoms with van der Waals surface area (Å²) in [6.45, 7) is 1.10. The molecule has 8 heteroatoms. The molecule has 2 heterocycles. The van der Waals surface area contributed by atoms with Crippen molar-refractivity contribution in [3.05, 3.63) is 21.7 Å². The van der Waals surface area contributed by atoms with Crippen LogP contribution in [0.4, 0.5) is 5.82 Å². The Kier molecular flexibility index (Phi) is 3.58. The lowest BCUT2D eigenvalue weighted by Gasteiger charge is -2.17. The van der Waals surface area contributed by atoms with E-state index in [0.717, 1.165) is 19.3 Å². The number of imidazole rings is 1. The predicted molar refractivity (Wildman–Crippen MR) is 75.1 cm³/mol. The van der Waals surface area contributed by atoms with Crippen molar-refractivity contribution in [3.8, 4) is 5.88 Å². The van der Waals surface area contributed by atoms with Gasteiger partial charge in [0, 0.05) is 5.38 Å². The third-order valence-corrected chi connectivity index (χ3v) is 4.69. The van der Waals surface area contributed by atoms with Crippen LogP contribution in [0.2, 0.25) is 0 Å². The second kappa shape index (κ2) is 5.37. The van der Waals surface area contributed by atoms with Crippen molar-refractivity contribution >= 4 is 22.1 Å². The second-order valence-electron chi connectivity index (χ2n) is 5.05. The first-order valence-corrected chi connectivity index (χ1v) is 7.51. The van der Waals surface area contributed by atoms with Crippen LogP contribution in [0.5, 0.6) is 5.88 Å². The number of hydrogen-bond acceptors (Lipinski definition) is 6. The molecule has 20 heavy (non-hydrogen) atoms. The van der Waals surface area contributed by atoms with Gasteiger partial charge in [-0.3, -0.25) is 0 Å². The molecule has 0 aromatic carbocycles. The third-order valence-electron chi connectivity index (χ3n) is 3.93. The lowest BCUT2D eigenvalue weighted by molar-refractivity contribution is -0.391. The number of nitrogens with two attached hydrogens (primary N) is 1. The lowest BCUT2D eigenvalue weighted by Crippen LogP contribution is -2.23. The zero-order valence-corrected chi connectivity index (χ0v) is 11.7. The second-order valence-corrected chi connectivity index (χ2v) is 5.92. The Hall–Kier alpha value is -1.67. The number of thiazole rings is 1. The molecule has 7 nitrogen and oxygen atoms in total. The van der Waals surface area contributed by atoms with E-state index in [1.807, 2.05) is 0 Å². The summed E-state index contributed by atoms with van der Waals surface area (Å²) >= 11 is 1.35. The fraction of sp³-hybridized carbons (Fsp3) is 0.583. The van der Waals surface area contributed by atoms with E-state index < -0.39 is 4.92 Å². The molecule has 1 fully saturated rings. The average Bonchev–Trinajstić information content (AvgIpc) is 3.10. The van der Waals surface area contributed by atoms with Gasteiger partial charge in [-0.25, -0.2) is 0 Å². The van der Waals surface area contributed by atoms with Crippen molar-refractivity contribution in [3.63, 3.8) is 0 Å². The van der Waals surface area contributed by atoms with Crippen LogP contribution in [-0.2, 0) is 0 Å². The molecule has 1 aliphatic rings. The summed E-state index contributed by atoms with van der Waals surface area (Å²) in [4.78, 5) is 15.5. The van der Waals surface area contributed by atoms with Crippen LogP contribution in [0, 0.1) is 22.0 Å². The molecule has 2 atom stereocenters. The van der Waals surface area contributed by atoms with Gasteiger partial charge in [0.15, 0.2) is 0 Å². The number of hydrogen-bond donors (Lipinski definition) is 1. The molecule has 1 aliphatic carbocycles. The zero-order valence-electron chi connectivity index (χ0n) is 10.9. The summed E-state index contributed by atoms with van der Waals surface area (Å²) in [5.41, 5.74) is 5.73. The molecular formula is C12H16N4O3S. The van der Waals surface area contributed by atoms with Crippen LogP contribution in [0.3, 0.4) is 0 Å². The van der Waals surface area contributed by atoms with E-state index >= 15 is 0 Å². The first-order valence-electron chi connectivity index (χ1n) is 6.63. The Morgan fingerprint density at radius 2 is 2.35 bits per heavy atom. The zero-order chi connectivity index (χ0) is 14.1. The summed E-state index contributed by atoms with van der Waals surface area (Å²) in [6.07, 6.45) is 4.97. The summed E-state index contributed by atoms with van der Waals surface area (Å²) in [5, 5.41) is 12.9. The van der Waals surface area contributed by atoms with Crippen molar-refractivity contribution in [2.75, 3.05) is 13.2 Å². The van der Waals surface area contributed by atoms with E-state index in [0.29, 0.717) is 29.9 Å². The monoisotopic (exact) mass is 296 g/mol. The van der Waals surface area contributed by atoms with Gasteiger partial charge in [-0.2, -0.15) is 9.38 Å². The van der Waals surface area contributed by atoms with E-state index in [-0.39, 0.29) is 11.7 Å². The Morgan fingerprint density at radius 1 is 1.55 bits per heavy atom. The standard InChI is InChI=1S/C12H16N4O3S/c13-6-8-2-1-3-9(8)7-19-10-11(16(17)18)15-4-5-20-12(15)14-10/h4-5,8-9H,1-3,6-7,13H2. The molecule has 2 unspecified atom stereocenters. The fourth-order valence-corrected chi connectivity index (χ4v) is 3.55. The molecule has 0 spiro atoms. The van der Waals surface area contributed by atoms with Gasteiger partial charge in [0.2, 0.25) is 0 Å². The fourth-order valence-electron chi connectivity index (χ4n) is 2.85. The predicted octanol–water partition coefficient (Wildman–Crippen LogP) is 2.06. The molecule has 0 aliphatic heterocycles. The Labute approximate surface area is 119 Å². The molecule has 2 aromatic rings. The maximum Gasteiger partial charge on any atom is 0.393 e. The number of aromatic nitrogens is 2. The molecule has 0 amide bonds. The topological polar surface area (TPSA) is 95.7 Å². The summed E-state index contributed by atoms with van der Waals surface area (Å²) in [5.74, 6) is 0.852. The van der Waals surface area contributed by atoms with Crippen LogP contribution in [0.25, 0.3) is 4.96 Å². The Bertz CT molecular complexity index is 623. The van der Waals surface area contributed by atoms with Gasteiger partial charge in [0.05, 0.1) is 6.61 Å². The number of fused-ring (bicyclic) bond motifs is 1. The molecule has 108 valence electrons. The number of ether oxygens (including phenoxy) is 1. The van der Waals surface area contributed by atoms with Gasteiger partial charge < -0.3 is 20.6 Å². The molecular weight excluding hydrogens is 280 g/mol. The van der Waals surface area contributed by atoms with Gasteiger partial charge in [0.1, 0.15) is 6.20 Å².